The maximum atomic E-state index is 14.1. The number of ether oxygens (including phenoxy) is 1. The predicted molar refractivity (Wildman–Crippen MR) is 160 cm³/mol. The summed E-state index contributed by atoms with van der Waals surface area (Å²) in [6.45, 7) is 3.91. The summed E-state index contributed by atoms with van der Waals surface area (Å²) in [6, 6.07) is 23.6. The quantitative estimate of drug-likeness (QED) is 0.414. The Bertz CT molecular complexity index is 1330. The molecule has 3 N–H and O–H groups in total. The van der Waals surface area contributed by atoms with Crippen LogP contribution in [0.3, 0.4) is 0 Å². The van der Waals surface area contributed by atoms with Gasteiger partial charge in [0.15, 0.2) is 6.10 Å². The van der Waals surface area contributed by atoms with E-state index in [-0.39, 0.29) is 24.2 Å². The molecule has 0 saturated heterocycles. The molecule has 8 heteroatoms. The number of amides is 3. The Morgan fingerprint density at radius 2 is 1.54 bits per heavy atom. The second-order valence-electron chi connectivity index (χ2n) is 10.7. The minimum atomic E-state index is -1.14. The Morgan fingerprint density at radius 1 is 0.902 bits per heavy atom. The number of rotatable bonds is 7. The van der Waals surface area contributed by atoms with E-state index in [0.29, 0.717) is 11.3 Å². The van der Waals surface area contributed by atoms with Crippen molar-refractivity contribution in [3.8, 4) is 5.75 Å². The fraction of sp³-hybridized carbons (Fsp3) is 0.303. The summed E-state index contributed by atoms with van der Waals surface area (Å²) in [7, 11) is 3.66. The van der Waals surface area contributed by atoms with Crippen LogP contribution < -0.4 is 20.7 Å². The Labute approximate surface area is 241 Å². The summed E-state index contributed by atoms with van der Waals surface area (Å²) >= 11 is 0. The highest BCUT2D eigenvalue weighted by Crippen LogP contribution is 2.27. The number of nitrogens with one attached hydrogen (secondary N) is 3. The lowest BCUT2D eigenvalue weighted by Gasteiger charge is -2.33. The average Bonchev–Trinajstić information content (AvgIpc) is 2.95. The zero-order chi connectivity index (χ0) is 29.4. The van der Waals surface area contributed by atoms with Crippen molar-refractivity contribution in [1.29, 1.82) is 0 Å². The molecule has 0 unspecified atom stereocenters. The van der Waals surface area contributed by atoms with Gasteiger partial charge in [0.1, 0.15) is 17.8 Å². The molecule has 3 aromatic carbocycles. The van der Waals surface area contributed by atoms with Gasteiger partial charge in [-0.15, -0.1) is 0 Å². The van der Waals surface area contributed by atoms with Crippen LogP contribution in [0.5, 0.6) is 5.75 Å². The van der Waals surface area contributed by atoms with Crippen molar-refractivity contribution in [1.82, 2.24) is 20.9 Å². The van der Waals surface area contributed by atoms with Crippen LogP contribution in [0.15, 0.2) is 91.1 Å². The normalized spacial score (nSPS) is 20.1. The molecule has 214 valence electrons. The first kappa shape index (κ1) is 29.6. The topological polar surface area (TPSA) is 99.8 Å². The molecule has 4 atom stereocenters. The molecule has 0 aromatic heterocycles. The molecule has 0 saturated carbocycles. The third-order valence-corrected chi connectivity index (χ3v) is 7.03. The van der Waals surface area contributed by atoms with E-state index in [1.807, 2.05) is 106 Å². The van der Waals surface area contributed by atoms with Crippen LogP contribution in [0.1, 0.15) is 36.6 Å². The molecule has 2 aliphatic heterocycles. The van der Waals surface area contributed by atoms with Crippen molar-refractivity contribution in [2.24, 2.45) is 5.92 Å². The molecule has 0 radical (unpaired) electrons. The number of nitrogens with zero attached hydrogens (tertiary/aromatic N) is 1. The van der Waals surface area contributed by atoms with E-state index in [9.17, 15) is 14.4 Å². The number of benzene rings is 3. The highest BCUT2D eigenvalue weighted by Gasteiger charge is 2.37. The molecular weight excluding hydrogens is 516 g/mol. The van der Waals surface area contributed by atoms with E-state index in [2.05, 4.69) is 16.0 Å². The second-order valence-corrected chi connectivity index (χ2v) is 10.7. The summed E-state index contributed by atoms with van der Waals surface area (Å²) in [4.78, 5) is 43.0. The van der Waals surface area contributed by atoms with Gasteiger partial charge in [0.25, 0.3) is 0 Å². The Balaban J connectivity index is 1.79. The number of fused-ring (bicyclic) bond motifs is 10. The molecule has 41 heavy (non-hydrogen) atoms. The Kier molecular flexibility index (Phi) is 9.92. The standard InChI is InChI=1S/C33H38N4O4/c1-22(2)29(37(3)4)33(40)36-28-30(25-13-9-6-10-14-25)41-26-17-15-23(16-18-26)19-20-34-31(38)27(35-32(28)39)21-24-11-7-5-8-12-24/h5-20,22,27-30H,21H2,1-4H3,(H,34,38)(H,35,39)(H,36,40)/t27-,28-,29+,30-/m1/s1. The van der Waals surface area contributed by atoms with Gasteiger partial charge in [0, 0.05) is 12.6 Å². The third kappa shape index (κ3) is 7.83. The van der Waals surface area contributed by atoms with Gasteiger partial charge in [-0.1, -0.05) is 86.6 Å². The van der Waals surface area contributed by atoms with Crippen LogP contribution in [-0.2, 0) is 20.8 Å². The van der Waals surface area contributed by atoms with Crippen LogP contribution in [0, 0.1) is 5.92 Å². The fourth-order valence-electron chi connectivity index (χ4n) is 5.07. The van der Waals surface area contributed by atoms with E-state index in [1.165, 1.54) is 0 Å². The Hall–Kier alpha value is -4.43. The second kappa shape index (κ2) is 13.8. The number of carbonyl (C=O) groups is 3. The summed E-state index contributed by atoms with van der Waals surface area (Å²) in [5.41, 5.74) is 2.46. The van der Waals surface area contributed by atoms with Gasteiger partial charge < -0.3 is 20.7 Å². The van der Waals surface area contributed by atoms with Crippen LogP contribution in [-0.4, -0.2) is 54.8 Å². The molecule has 2 aliphatic rings. The average molecular weight is 555 g/mol. The SMILES string of the molecule is CC(C)[C@@H](C(=O)N[C@H]1C(=O)N[C@H](Cc2ccccc2)C(=O)NC=Cc2ccc(cc2)O[C@@H]1c1ccccc1)N(C)C. The van der Waals surface area contributed by atoms with Gasteiger partial charge in [-0.2, -0.15) is 0 Å². The van der Waals surface area contributed by atoms with Gasteiger partial charge in [-0.3, -0.25) is 19.3 Å². The molecule has 2 heterocycles. The summed E-state index contributed by atoms with van der Waals surface area (Å²) in [5.74, 6) is -0.681. The summed E-state index contributed by atoms with van der Waals surface area (Å²) in [6.07, 6.45) is 2.73. The number of likely N-dealkylation sites (N-methyl/N-ethyl adjacent to an activating group) is 1. The van der Waals surface area contributed by atoms with E-state index in [4.69, 9.17) is 4.74 Å². The molecule has 2 bridgehead atoms. The van der Waals surface area contributed by atoms with Crippen molar-refractivity contribution in [2.75, 3.05) is 14.1 Å². The molecule has 0 fully saturated rings. The minimum Gasteiger partial charge on any atom is -0.483 e. The van der Waals surface area contributed by atoms with Crippen LogP contribution in [0.2, 0.25) is 0 Å². The molecule has 3 amide bonds. The molecular formula is C33H38N4O4. The molecule has 0 spiro atoms. The largest absolute Gasteiger partial charge is 0.483 e. The van der Waals surface area contributed by atoms with Gasteiger partial charge in [0.05, 0.1) is 6.04 Å². The van der Waals surface area contributed by atoms with Crippen LogP contribution >= 0.6 is 0 Å². The van der Waals surface area contributed by atoms with Crippen molar-refractivity contribution in [3.05, 3.63) is 108 Å². The highest BCUT2D eigenvalue weighted by molar-refractivity contribution is 5.94. The number of hydrogen-bond donors (Lipinski definition) is 3. The zero-order valence-corrected chi connectivity index (χ0v) is 23.9. The first-order valence-corrected chi connectivity index (χ1v) is 13.8. The lowest BCUT2D eigenvalue weighted by atomic mass is 9.97. The van der Waals surface area contributed by atoms with E-state index in [1.54, 1.807) is 24.4 Å². The smallest absolute Gasteiger partial charge is 0.247 e. The van der Waals surface area contributed by atoms with Crippen molar-refractivity contribution in [3.63, 3.8) is 0 Å². The van der Waals surface area contributed by atoms with Gasteiger partial charge in [-0.25, -0.2) is 0 Å². The van der Waals surface area contributed by atoms with Crippen LogP contribution in [0.25, 0.3) is 6.08 Å². The molecule has 0 aliphatic carbocycles. The van der Waals surface area contributed by atoms with Crippen molar-refractivity contribution >= 4 is 23.8 Å². The van der Waals surface area contributed by atoms with Gasteiger partial charge in [-0.05, 0) is 54.9 Å². The maximum absolute atomic E-state index is 14.1. The number of carbonyl (C=O) groups excluding carboxylic acids is 3. The molecule has 5 rings (SSSR count). The fourth-order valence-corrected chi connectivity index (χ4v) is 5.07. The Morgan fingerprint density at radius 3 is 2.15 bits per heavy atom. The summed E-state index contributed by atoms with van der Waals surface area (Å²) < 4.78 is 6.45. The third-order valence-electron chi connectivity index (χ3n) is 7.03. The minimum absolute atomic E-state index is 0.0152. The van der Waals surface area contributed by atoms with Crippen molar-refractivity contribution in [2.45, 2.75) is 44.5 Å². The van der Waals surface area contributed by atoms with Crippen molar-refractivity contribution < 1.29 is 19.1 Å². The zero-order valence-electron chi connectivity index (χ0n) is 23.9. The first-order chi connectivity index (χ1) is 19.7. The first-order valence-electron chi connectivity index (χ1n) is 13.8. The van der Waals surface area contributed by atoms with E-state index < -0.39 is 30.1 Å². The monoisotopic (exact) mass is 554 g/mol. The summed E-state index contributed by atoms with van der Waals surface area (Å²) in [5, 5.41) is 8.71. The molecule has 8 nitrogen and oxygen atoms in total. The predicted octanol–water partition coefficient (Wildman–Crippen LogP) is 3.71. The van der Waals surface area contributed by atoms with Crippen LogP contribution in [0.4, 0.5) is 0 Å². The van der Waals surface area contributed by atoms with E-state index >= 15 is 0 Å². The lowest BCUT2D eigenvalue weighted by Crippen LogP contribution is -2.59. The van der Waals surface area contributed by atoms with E-state index in [0.717, 1.165) is 11.1 Å². The maximum Gasteiger partial charge on any atom is 0.247 e. The highest BCUT2D eigenvalue weighted by atomic mass is 16.5. The van der Waals surface area contributed by atoms with Gasteiger partial charge >= 0.3 is 0 Å². The molecule has 3 aromatic rings. The van der Waals surface area contributed by atoms with Gasteiger partial charge in [0.2, 0.25) is 17.7 Å². The lowest BCUT2D eigenvalue weighted by molar-refractivity contribution is -0.136. The number of hydrogen-bond acceptors (Lipinski definition) is 5.